The van der Waals surface area contributed by atoms with Crippen molar-refractivity contribution in [2.75, 3.05) is 19.1 Å². The highest BCUT2D eigenvalue weighted by atomic mass is 35.5. The summed E-state index contributed by atoms with van der Waals surface area (Å²) in [5.74, 6) is 0.609. The van der Waals surface area contributed by atoms with Crippen LogP contribution in [0.3, 0.4) is 0 Å². The largest absolute Gasteiger partial charge is 0.381 e. The SMILES string of the molecule is CCOCC/C(C)=C/CCl. The average Bonchev–Trinajstić information content (AvgIpc) is 1.89. The number of ether oxygens (including phenoxy) is 1. The summed E-state index contributed by atoms with van der Waals surface area (Å²) in [6, 6.07) is 0. The molecule has 0 saturated heterocycles. The second-order valence-electron chi connectivity index (χ2n) is 2.15. The lowest BCUT2D eigenvalue weighted by Gasteiger charge is -1.99. The molecule has 0 aliphatic carbocycles. The first-order valence-corrected chi connectivity index (χ1v) is 4.14. The highest BCUT2D eigenvalue weighted by molar-refractivity contribution is 6.18. The van der Waals surface area contributed by atoms with E-state index in [2.05, 4.69) is 6.92 Å². The molecule has 0 aliphatic heterocycles. The Balaban J connectivity index is 3.21. The summed E-state index contributed by atoms with van der Waals surface area (Å²) < 4.78 is 5.17. The topological polar surface area (TPSA) is 9.23 Å². The summed E-state index contributed by atoms with van der Waals surface area (Å²) in [4.78, 5) is 0. The monoisotopic (exact) mass is 162 g/mol. The van der Waals surface area contributed by atoms with E-state index in [0.717, 1.165) is 19.6 Å². The molecular weight excluding hydrogens is 148 g/mol. The van der Waals surface area contributed by atoms with Gasteiger partial charge in [0.1, 0.15) is 0 Å². The predicted octanol–water partition coefficient (Wildman–Crippen LogP) is 2.60. The first-order valence-electron chi connectivity index (χ1n) is 3.60. The minimum absolute atomic E-state index is 0.609. The molecule has 0 aromatic heterocycles. The number of alkyl halides is 1. The molecule has 0 spiro atoms. The van der Waals surface area contributed by atoms with Gasteiger partial charge in [-0.1, -0.05) is 11.6 Å². The van der Waals surface area contributed by atoms with E-state index in [4.69, 9.17) is 16.3 Å². The summed E-state index contributed by atoms with van der Waals surface area (Å²) >= 11 is 5.49. The Morgan fingerprint density at radius 1 is 1.60 bits per heavy atom. The molecule has 0 amide bonds. The van der Waals surface area contributed by atoms with Crippen molar-refractivity contribution in [2.24, 2.45) is 0 Å². The summed E-state index contributed by atoms with van der Waals surface area (Å²) in [6.45, 7) is 5.69. The molecule has 0 N–H and O–H groups in total. The van der Waals surface area contributed by atoms with Crippen molar-refractivity contribution in [1.29, 1.82) is 0 Å². The van der Waals surface area contributed by atoms with Gasteiger partial charge in [0.05, 0.1) is 6.61 Å². The molecule has 0 aliphatic rings. The normalized spacial score (nSPS) is 12.1. The smallest absolute Gasteiger partial charge is 0.0502 e. The summed E-state index contributed by atoms with van der Waals surface area (Å²) in [6.07, 6.45) is 3.02. The second kappa shape index (κ2) is 7.10. The third-order valence-electron chi connectivity index (χ3n) is 1.27. The molecule has 0 aromatic rings. The van der Waals surface area contributed by atoms with Gasteiger partial charge in [0.15, 0.2) is 0 Å². The van der Waals surface area contributed by atoms with E-state index in [1.807, 2.05) is 13.0 Å². The summed E-state index contributed by atoms with van der Waals surface area (Å²) in [5.41, 5.74) is 1.31. The van der Waals surface area contributed by atoms with Crippen molar-refractivity contribution in [2.45, 2.75) is 20.3 Å². The Morgan fingerprint density at radius 3 is 2.80 bits per heavy atom. The van der Waals surface area contributed by atoms with Crippen LogP contribution in [0.5, 0.6) is 0 Å². The van der Waals surface area contributed by atoms with Crippen LogP contribution >= 0.6 is 11.6 Å². The molecule has 0 radical (unpaired) electrons. The lowest BCUT2D eigenvalue weighted by atomic mass is 10.2. The molecule has 0 bridgehead atoms. The van der Waals surface area contributed by atoms with Crippen molar-refractivity contribution in [3.8, 4) is 0 Å². The van der Waals surface area contributed by atoms with Gasteiger partial charge in [-0.15, -0.1) is 11.6 Å². The molecule has 2 heteroatoms. The Kier molecular flexibility index (Phi) is 7.09. The molecule has 0 fully saturated rings. The molecule has 0 aromatic carbocycles. The van der Waals surface area contributed by atoms with Crippen LogP contribution in [0.2, 0.25) is 0 Å². The van der Waals surface area contributed by atoms with Crippen LogP contribution in [0.15, 0.2) is 11.6 Å². The van der Waals surface area contributed by atoms with E-state index in [-0.39, 0.29) is 0 Å². The van der Waals surface area contributed by atoms with Crippen molar-refractivity contribution in [3.63, 3.8) is 0 Å². The number of hydrogen-bond donors (Lipinski definition) is 0. The van der Waals surface area contributed by atoms with Crippen LogP contribution in [-0.2, 0) is 4.74 Å². The zero-order chi connectivity index (χ0) is 7.82. The third-order valence-corrected chi connectivity index (χ3v) is 1.42. The molecule has 0 atom stereocenters. The number of halogens is 1. The van der Waals surface area contributed by atoms with Crippen LogP contribution in [0.4, 0.5) is 0 Å². The highest BCUT2D eigenvalue weighted by Crippen LogP contribution is 1.99. The van der Waals surface area contributed by atoms with E-state index in [9.17, 15) is 0 Å². The molecule has 0 heterocycles. The average molecular weight is 163 g/mol. The Hall–Kier alpha value is -0.0100. The zero-order valence-electron chi connectivity index (χ0n) is 6.69. The van der Waals surface area contributed by atoms with E-state index < -0.39 is 0 Å². The van der Waals surface area contributed by atoms with Crippen LogP contribution in [0, 0.1) is 0 Å². The molecule has 0 saturated carbocycles. The van der Waals surface area contributed by atoms with Crippen LogP contribution in [-0.4, -0.2) is 19.1 Å². The Bertz CT molecular complexity index is 99.4. The maximum atomic E-state index is 5.49. The first-order chi connectivity index (χ1) is 4.81. The number of rotatable bonds is 5. The Morgan fingerprint density at radius 2 is 2.30 bits per heavy atom. The van der Waals surface area contributed by atoms with Gasteiger partial charge in [-0.05, 0) is 20.3 Å². The van der Waals surface area contributed by atoms with Crippen molar-refractivity contribution < 1.29 is 4.74 Å². The van der Waals surface area contributed by atoms with Crippen molar-refractivity contribution in [1.82, 2.24) is 0 Å². The minimum atomic E-state index is 0.609. The summed E-state index contributed by atoms with van der Waals surface area (Å²) in [5, 5.41) is 0. The molecule has 0 rings (SSSR count). The Labute approximate surface area is 68.0 Å². The van der Waals surface area contributed by atoms with Gasteiger partial charge < -0.3 is 4.74 Å². The predicted molar refractivity (Wildman–Crippen MR) is 45.6 cm³/mol. The number of allylic oxidation sites excluding steroid dienone is 1. The molecular formula is C8H15ClO. The number of hydrogen-bond acceptors (Lipinski definition) is 1. The molecule has 1 nitrogen and oxygen atoms in total. The molecule has 0 unspecified atom stereocenters. The van der Waals surface area contributed by atoms with Gasteiger partial charge >= 0.3 is 0 Å². The van der Waals surface area contributed by atoms with Gasteiger partial charge in [-0.3, -0.25) is 0 Å². The third kappa shape index (κ3) is 6.12. The zero-order valence-corrected chi connectivity index (χ0v) is 7.45. The fraction of sp³-hybridized carbons (Fsp3) is 0.750. The lowest BCUT2D eigenvalue weighted by Crippen LogP contribution is -1.93. The second-order valence-corrected chi connectivity index (χ2v) is 2.46. The first kappa shape index (κ1) is 9.99. The lowest BCUT2D eigenvalue weighted by molar-refractivity contribution is 0.151. The van der Waals surface area contributed by atoms with Crippen LogP contribution < -0.4 is 0 Å². The fourth-order valence-corrected chi connectivity index (χ4v) is 0.875. The van der Waals surface area contributed by atoms with Crippen LogP contribution in [0.1, 0.15) is 20.3 Å². The van der Waals surface area contributed by atoms with E-state index in [1.165, 1.54) is 5.57 Å². The van der Waals surface area contributed by atoms with E-state index >= 15 is 0 Å². The maximum Gasteiger partial charge on any atom is 0.0502 e. The minimum Gasteiger partial charge on any atom is -0.381 e. The van der Waals surface area contributed by atoms with Gasteiger partial charge in [0.25, 0.3) is 0 Å². The summed E-state index contributed by atoms with van der Waals surface area (Å²) in [7, 11) is 0. The van der Waals surface area contributed by atoms with Crippen LogP contribution in [0.25, 0.3) is 0 Å². The quantitative estimate of drug-likeness (QED) is 0.343. The fourth-order valence-electron chi connectivity index (χ4n) is 0.611. The molecule has 10 heavy (non-hydrogen) atoms. The highest BCUT2D eigenvalue weighted by Gasteiger charge is 1.87. The maximum absolute atomic E-state index is 5.49. The standard InChI is InChI=1S/C8H15ClO/c1-3-10-7-5-8(2)4-6-9/h4H,3,5-7H2,1-2H3/b8-4+. The van der Waals surface area contributed by atoms with Gasteiger partial charge in [-0.25, -0.2) is 0 Å². The van der Waals surface area contributed by atoms with Gasteiger partial charge in [-0.2, -0.15) is 0 Å². The van der Waals surface area contributed by atoms with Crippen molar-refractivity contribution >= 4 is 11.6 Å². The van der Waals surface area contributed by atoms with Crippen molar-refractivity contribution in [3.05, 3.63) is 11.6 Å². The molecule has 60 valence electrons. The van der Waals surface area contributed by atoms with Gasteiger partial charge in [0, 0.05) is 12.5 Å². The van der Waals surface area contributed by atoms with Gasteiger partial charge in [0.2, 0.25) is 0 Å². The van der Waals surface area contributed by atoms with E-state index in [1.54, 1.807) is 0 Å². The van der Waals surface area contributed by atoms with E-state index in [0.29, 0.717) is 5.88 Å².